The van der Waals surface area contributed by atoms with Gasteiger partial charge in [0, 0.05) is 18.4 Å². The van der Waals surface area contributed by atoms with E-state index in [4.69, 9.17) is 4.74 Å². The average molecular weight is 541 g/mol. The van der Waals surface area contributed by atoms with Crippen LogP contribution in [0.2, 0.25) is 0 Å². The molecule has 11 heteroatoms. The molecule has 4 rings (SSSR count). The van der Waals surface area contributed by atoms with Crippen molar-refractivity contribution in [2.75, 3.05) is 35.0 Å². The number of anilines is 3. The van der Waals surface area contributed by atoms with Crippen LogP contribution in [0.5, 0.6) is 5.75 Å². The van der Waals surface area contributed by atoms with Crippen molar-refractivity contribution in [3.05, 3.63) is 58.9 Å². The summed E-state index contributed by atoms with van der Waals surface area (Å²) in [5.41, 5.74) is 10.0. The third-order valence-electron chi connectivity index (χ3n) is 6.45. The molecule has 2 amide bonds. The molecule has 38 heavy (non-hydrogen) atoms. The average Bonchev–Trinajstić information content (AvgIpc) is 3.55. The SMILES string of the molecule is COc1c(NC(=O)c2ccc(C)c(N3C=C(C(=O)NCC4CC4)NN3)c2)cc(C(C)(C)C)cc1NS(C)=O. The second kappa shape index (κ2) is 11.0. The molecule has 0 aromatic heterocycles. The molecule has 1 aliphatic heterocycles. The van der Waals surface area contributed by atoms with Gasteiger partial charge >= 0.3 is 0 Å². The van der Waals surface area contributed by atoms with Gasteiger partial charge in [0.1, 0.15) is 16.7 Å². The number of hydrogen-bond donors (Lipinski definition) is 5. The highest BCUT2D eigenvalue weighted by Crippen LogP contribution is 2.39. The standard InChI is InChI=1S/C27H36N6O4S/c1-16-7-10-18(11-23(16)33-15-22(30-32-33)26(35)28-14-17-8-9-17)25(34)29-20-12-19(27(2,3)4)13-21(24(20)37-5)31-38(6)36/h7,10-13,15,17,30-32H,8-9,14H2,1-6H3,(H,28,35)(H,29,34). The van der Waals surface area contributed by atoms with Gasteiger partial charge < -0.3 is 20.1 Å². The first kappa shape index (κ1) is 27.5. The summed E-state index contributed by atoms with van der Waals surface area (Å²) in [5.74, 6) is 0.463. The normalized spacial score (nSPS) is 15.8. The number of amides is 2. The predicted molar refractivity (Wildman–Crippen MR) is 151 cm³/mol. The molecule has 1 saturated carbocycles. The van der Waals surface area contributed by atoms with Crippen LogP contribution in [0.25, 0.3) is 0 Å². The summed E-state index contributed by atoms with van der Waals surface area (Å²) in [5, 5.41) is 7.58. The van der Waals surface area contributed by atoms with Crippen LogP contribution < -0.4 is 36.1 Å². The first-order valence-electron chi connectivity index (χ1n) is 12.5. The summed E-state index contributed by atoms with van der Waals surface area (Å²) in [4.78, 5) is 25.9. The van der Waals surface area contributed by atoms with Crippen LogP contribution in [0.1, 0.15) is 55.1 Å². The molecular weight excluding hydrogens is 504 g/mol. The lowest BCUT2D eigenvalue weighted by Crippen LogP contribution is -2.39. The van der Waals surface area contributed by atoms with Crippen LogP contribution in [-0.4, -0.2) is 35.9 Å². The fourth-order valence-electron chi connectivity index (χ4n) is 4.02. The van der Waals surface area contributed by atoms with Crippen molar-refractivity contribution >= 4 is 39.9 Å². The molecule has 1 fully saturated rings. The zero-order valence-electron chi connectivity index (χ0n) is 22.7. The predicted octanol–water partition coefficient (Wildman–Crippen LogP) is 3.46. The minimum Gasteiger partial charge on any atom is -0.492 e. The number of hydrogen-bond acceptors (Lipinski definition) is 7. The second-order valence-electron chi connectivity index (χ2n) is 10.7. The molecule has 0 spiro atoms. The molecule has 2 aromatic carbocycles. The Kier molecular flexibility index (Phi) is 7.98. The van der Waals surface area contributed by atoms with Crippen molar-refractivity contribution in [3.63, 3.8) is 0 Å². The third kappa shape index (κ3) is 6.46. The summed E-state index contributed by atoms with van der Waals surface area (Å²) >= 11 is 0. The molecule has 0 bridgehead atoms. The number of rotatable bonds is 9. The minimum absolute atomic E-state index is 0.179. The van der Waals surface area contributed by atoms with Crippen molar-refractivity contribution < 1.29 is 18.5 Å². The van der Waals surface area contributed by atoms with E-state index in [1.165, 1.54) is 13.4 Å². The van der Waals surface area contributed by atoms with Crippen molar-refractivity contribution in [2.45, 2.75) is 46.0 Å². The largest absolute Gasteiger partial charge is 0.492 e. The van der Waals surface area contributed by atoms with Gasteiger partial charge in [0.25, 0.3) is 11.8 Å². The number of carbonyl (C=O) groups is 2. The fourth-order valence-corrected chi connectivity index (χ4v) is 4.48. The van der Waals surface area contributed by atoms with E-state index in [-0.39, 0.29) is 17.2 Å². The van der Waals surface area contributed by atoms with E-state index < -0.39 is 11.0 Å². The smallest absolute Gasteiger partial charge is 0.270 e. The number of ether oxygens (including phenoxy) is 1. The van der Waals surface area contributed by atoms with Crippen LogP contribution in [0.15, 0.2) is 42.2 Å². The fraction of sp³-hybridized carbons (Fsp3) is 0.407. The van der Waals surface area contributed by atoms with Gasteiger partial charge in [-0.25, -0.2) is 4.21 Å². The van der Waals surface area contributed by atoms with Crippen LogP contribution in [-0.2, 0) is 21.2 Å². The van der Waals surface area contributed by atoms with E-state index in [1.807, 2.05) is 25.1 Å². The van der Waals surface area contributed by atoms with Gasteiger partial charge in [-0.05, 0) is 66.5 Å². The summed E-state index contributed by atoms with van der Waals surface area (Å²) in [6.45, 7) is 8.79. The van der Waals surface area contributed by atoms with Crippen molar-refractivity contribution in [1.29, 1.82) is 0 Å². The highest BCUT2D eigenvalue weighted by Gasteiger charge is 2.26. The van der Waals surface area contributed by atoms with E-state index in [0.29, 0.717) is 46.5 Å². The molecule has 204 valence electrons. The zero-order chi connectivity index (χ0) is 27.6. The number of aryl methyl sites for hydroxylation is 1. The molecular formula is C27H36N6O4S. The number of nitrogens with one attached hydrogen (secondary N) is 5. The topological polar surface area (TPSA) is 124 Å². The highest BCUT2D eigenvalue weighted by molar-refractivity contribution is 7.85. The van der Waals surface area contributed by atoms with Crippen molar-refractivity contribution in [3.8, 4) is 5.75 Å². The maximum absolute atomic E-state index is 13.4. The van der Waals surface area contributed by atoms with Gasteiger partial charge in [0.2, 0.25) is 0 Å². The molecule has 0 saturated heterocycles. The van der Waals surface area contributed by atoms with Crippen LogP contribution in [0.3, 0.4) is 0 Å². The molecule has 1 atom stereocenters. The Hall–Kier alpha value is -3.57. The Labute approximate surface area is 226 Å². The Balaban J connectivity index is 1.58. The van der Waals surface area contributed by atoms with Crippen molar-refractivity contribution in [1.82, 2.24) is 16.3 Å². The molecule has 1 aliphatic carbocycles. The lowest BCUT2D eigenvalue weighted by atomic mass is 9.86. The zero-order valence-corrected chi connectivity index (χ0v) is 23.5. The molecule has 2 aromatic rings. The van der Waals surface area contributed by atoms with Gasteiger partial charge in [-0.15, -0.1) is 5.53 Å². The Morgan fingerprint density at radius 1 is 1.13 bits per heavy atom. The first-order valence-corrected chi connectivity index (χ1v) is 14.1. The van der Waals surface area contributed by atoms with Gasteiger partial charge in [-0.3, -0.25) is 20.0 Å². The molecule has 1 heterocycles. The molecule has 2 aliphatic rings. The third-order valence-corrected chi connectivity index (χ3v) is 6.96. The lowest BCUT2D eigenvalue weighted by Gasteiger charge is -2.24. The van der Waals surface area contributed by atoms with Gasteiger partial charge in [0.15, 0.2) is 5.75 Å². The first-order chi connectivity index (χ1) is 18.0. The Morgan fingerprint density at radius 2 is 1.84 bits per heavy atom. The molecule has 0 radical (unpaired) electrons. The Morgan fingerprint density at radius 3 is 2.47 bits per heavy atom. The van der Waals surface area contributed by atoms with Gasteiger partial charge in [-0.1, -0.05) is 26.8 Å². The van der Waals surface area contributed by atoms with E-state index in [1.54, 1.807) is 23.3 Å². The van der Waals surface area contributed by atoms with E-state index in [9.17, 15) is 13.8 Å². The van der Waals surface area contributed by atoms with Crippen LogP contribution >= 0.6 is 0 Å². The maximum atomic E-state index is 13.4. The van der Waals surface area contributed by atoms with E-state index in [2.05, 4.69) is 47.1 Å². The van der Waals surface area contributed by atoms with E-state index >= 15 is 0 Å². The number of benzene rings is 2. The number of hydrazine groups is 2. The van der Waals surface area contributed by atoms with E-state index in [0.717, 1.165) is 24.0 Å². The minimum atomic E-state index is -1.33. The molecule has 5 N–H and O–H groups in total. The van der Waals surface area contributed by atoms with Crippen molar-refractivity contribution in [2.24, 2.45) is 5.92 Å². The summed E-state index contributed by atoms with van der Waals surface area (Å²) in [6, 6.07) is 9.10. The van der Waals surface area contributed by atoms with Gasteiger partial charge in [0.05, 0.1) is 30.4 Å². The summed E-state index contributed by atoms with van der Waals surface area (Å²) < 4.78 is 20.4. The van der Waals surface area contributed by atoms with Crippen LogP contribution in [0, 0.1) is 12.8 Å². The number of carbonyl (C=O) groups excluding carboxylic acids is 2. The highest BCUT2D eigenvalue weighted by atomic mass is 32.2. The molecule has 10 nitrogen and oxygen atoms in total. The quantitative estimate of drug-likeness (QED) is 0.330. The number of nitrogens with zero attached hydrogens (tertiary/aromatic N) is 1. The maximum Gasteiger partial charge on any atom is 0.270 e. The second-order valence-corrected chi connectivity index (χ2v) is 11.8. The Bertz CT molecular complexity index is 1300. The summed E-state index contributed by atoms with van der Waals surface area (Å²) in [7, 11) is 0.176. The summed E-state index contributed by atoms with van der Waals surface area (Å²) in [6.07, 6.45) is 5.53. The lowest BCUT2D eigenvalue weighted by molar-refractivity contribution is -0.117. The monoisotopic (exact) mass is 540 g/mol. The molecule has 1 unspecified atom stereocenters. The number of methoxy groups -OCH3 is 1. The van der Waals surface area contributed by atoms with Crippen LogP contribution in [0.4, 0.5) is 17.1 Å². The van der Waals surface area contributed by atoms with Gasteiger partial charge in [-0.2, -0.15) is 0 Å².